The Labute approximate surface area is 142 Å². The van der Waals surface area contributed by atoms with E-state index in [0.29, 0.717) is 5.56 Å². The van der Waals surface area contributed by atoms with E-state index in [1.165, 1.54) is 12.1 Å². The van der Waals surface area contributed by atoms with E-state index in [-0.39, 0.29) is 17.1 Å². The highest BCUT2D eigenvalue weighted by Crippen LogP contribution is 2.40. The molecule has 0 spiro atoms. The van der Waals surface area contributed by atoms with Crippen molar-refractivity contribution in [2.24, 2.45) is 0 Å². The molecule has 1 aliphatic rings. The molecule has 24 heavy (non-hydrogen) atoms. The Bertz CT molecular complexity index is 843. The Morgan fingerprint density at radius 1 is 1.00 bits per heavy atom. The summed E-state index contributed by atoms with van der Waals surface area (Å²) < 4.78 is 47.8. The first kappa shape index (κ1) is 17.0. The Morgan fingerprint density at radius 3 is 2.12 bits per heavy atom. The van der Waals surface area contributed by atoms with Gasteiger partial charge in [-0.2, -0.15) is 0 Å². The fourth-order valence-corrected chi connectivity index (χ4v) is 3.65. The van der Waals surface area contributed by atoms with E-state index in [2.05, 4.69) is 0 Å². The predicted octanol–water partition coefficient (Wildman–Crippen LogP) is 5.09. The first-order valence-electron chi connectivity index (χ1n) is 7.80. The Balaban J connectivity index is 2.01. The zero-order valence-corrected chi connectivity index (χ0v) is 14.1. The summed E-state index contributed by atoms with van der Waals surface area (Å²) in [6.07, 6.45) is 2.60. The molecule has 0 aromatic heterocycles. The second-order valence-corrected chi connectivity index (χ2v) is 6.98. The summed E-state index contributed by atoms with van der Waals surface area (Å²) in [7, 11) is 0. The summed E-state index contributed by atoms with van der Waals surface area (Å²) in [4.78, 5) is 0. The smallest absolute Gasteiger partial charge is 0.157 e. The minimum Gasteiger partial charge on any atom is -0.306 e. The number of hydrogen-bond donors (Lipinski definition) is 1. The Kier molecular flexibility index (Phi) is 4.92. The number of hydrogen-bond acceptors (Lipinski definition) is 1. The average molecular weight is 348 g/mol. The van der Waals surface area contributed by atoms with Crippen LogP contribution in [0.2, 0.25) is 0 Å². The van der Waals surface area contributed by atoms with Gasteiger partial charge in [0.25, 0.3) is 0 Å². The van der Waals surface area contributed by atoms with Crippen molar-refractivity contribution in [2.45, 2.75) is 31.9 Å². The van der Waals surface area contributed by atoms with E-state index in [4.69, 9.17) is 4.55 Å². The number of allylic oxidation sites excluding steroid dienone is 2. The molecule has 0 radical (unpaired) electrons. The maximum absolute atomic E-state index is 14.2. The van der Waals surface area contributed by atoms with Crippen LogP contribution < -0.4 is 0 Å². The first-order valence-corrected chi connectivity index (χ1v) is 9.08. The van der Waals surface area contributed by atoms with Crippen LogP contribution in [0.3, 0.4) is 0 Å². The van der Waals surface area contributed by atoms with Crippen molar-refractivity contribution >= 4 is 22.2 Å². The molecular weight excluding hydrogens is 330 g/mol. The Hall–Kier alpha value is -1.85. The van der Waals surface area contributed by atoms with Crippen LogP contribution in [0.25, 0.3) is 11.1 Å². The van der Waals surface area contributed by atoms with Gasteiger partial charge in [-0.3, -0.25) is 0 Å². The SMILES string of the molecule is Cc1ccc(C2=C(c3ccc(CS(=O)O)c(F)c3)CCC2)cc1F. The molecule has 1 N–H and O–H groups in total. The summed E-state index contributed by atoms with van der Waals surface area (Å²) in [6, 6.07) is 9.93. The molecule has 2 aromatic rings. The first-order chi connectivity index (χ1) is 11.5. The van der Waals surface area contributed by atoms with Crippen molar-refractivity contribution in [2.75, 3.05) is 0 Å². The van der Waals surface area contributed by atoms with Crippen molar-refractivity contribution in [1.82, 2.24) is 0 Å². The highest BCUT2D eigenvalue weighted by atomic mass is 32.2. The molecule has 0 aliphatic heterocycles. The van der Waals surface area contributed by atoms with Gasteiger partial charge >= 0.3 is 0 Å². The third-order valence-electron chi connectivity index (χ3n) is 4.42. The molecule has 2 aromatic carbocycles. The van der Waals surface area contributed by atoms with Crippen molar-refractivity contribution < 1.29 is 17.5 Å². The molecule has 126 valence electrons. The summed E-state index contributed by atoms with van der Waals surface area (Å²) in [5, 5.41) is 0. The van der Waals surface area contributed by atoms with Crippen LogP contribution in [0, 0.1) is 18.6 Å². The van der Waals surface area contributed by atoms with E-state index >= 15 is 0 Å². The van der Waals surface area contributed by atoms with Gasteiger partial charge in [0.15, 0.2) is 11.1 Å². The van der Waals surface area contributed by atoms with Crippen LogP contribution >= 0.6 is 0 Å². The van der Waals surface area contributed by atoms with Crippen LogP contribution in [0.1, 0.15) is 41.5 Å². The van der Waals surface area contributed by atoms with Crippen molar-refractivity contribution in [1.29, 1.82) is 0 Å². The van der Waals surface area contributed by atoms with Crippen LogP contribution in [0.4, 0.5) is 8.78 Å². The van der Waals surface area contributed by atoms with Gasteiger partial charge in [-0.25, -0.2) is 13.0 Å². The van der Waals surface area contributed by atoms with Gasteiger partial charge in [0.05, 0.1) is 5.75 Å². The van der Waals surface area contributed by atoms with Gasteiger partial charge in [0, 0.05) is 5.56 Å². The largest absolute Gasteiger partial charge is 0.306 e. The maximum atomic E-state index is 14.2. The maximum Gasteiger partial charge on any atom is 0.157 e. The van der Waals surface area contributed by atoms with Crippen molar-refractivity contribution in [3.05, 3.63) is 70.3 Å². The molecule has 0 saturated heterocycles. The minimum atomic E-state index is -2.07. The molecule has 1 atom stereocenters. The fourth-order valence-electron chi connectivity index (χ4n) is 3.15. The molecule has 1 aliphatic carbocycles. The summed E-state index contributed by atoms with van der Waals surface area (Å²) >= 11 is -2.07. The second kappa shape index (κ2) is 6.95. The highest BCUT2D eigenvalue weighted by Gasteiger charge is 2.19. The van der Waals surface area contributed by atoms with Gasteiger partial charge in [0.1, 0.15) is 11.6 Å². The highest BCUT2D eigenvalue weighted by molar-refractivity contribution is 7.78. The van der Waals surface area contributed by atoms with E-state index in [1.54, 1.807) is 25.1 Å². The van der Waals surface area contributed by atoms with Crippen LogP contribution in [-0.2, 0) is 16.8 Å². The lowest BCUT2D eigenvalue weighted by atomic mass is 9.95. The lowest BCUT2D eigenvalue weighted by Crippen LogP contribution is -1.98. The van der Waals surface area contributed by atoms with Gasteiger partial charge in [-0.1, -0.05) is 24.3 Å². The fraction of sp³-hybridized carbons (Fsp3) is 0.263. The standard InChI is InChI=1S/C19H18F2O2S/c1-12-5-6-13(9-18(12)20)16-3-2-4-17(16)14-7-8-15(11-24(22)23)19(21)10-14/h5-10H,2-4,11H2,1H3,(H,22,23). The number of aryl methyl sites for hydroxylation is 1. The lowest BCUT2D eigenvalue weighted by molar-refractivity contribution is 0.559. The number of rotatable bonds is 4. The summed E-state index contributed by atoms with van der Waals surface area (Å²) in [5.74, 6) is -0.941. The predicted molar refractivity (Wildman–Crippen MR) is 92.7 cm³/mol. The normalized spacial score (nSPS) is 15.8. The number of halogens is 2. The van der Waals surface area contributed by atoms with E-state index in [9.17, 15) is 13.0 Å². The van der Waals surface area contributed by atoms with E-state index in [0.717, 1.165) is 41.5 Å². The van der Waals surface area contributed by atoms with Crippen LogP contribution in [-0.4, -0.2) is 8.76 Å². The van der Waals surface area contributed by atoms with Crippen LogP contribution in [0.5, 0.6) is 0 Å². The molecule has 3 rings (SSSR count). The van der Waals surface area contributed by atoms with Gasteiger partial charge in [-0.15, -0.1) is 0 Å². The molecule has 2 nitrogen and oxygen atoms in total. The molecular formula is C19H18F2O2S. The van der Waals surface area contributed by atoms with Crippen molar-refractivity contribution in [3.8, 4) is 0 Å². The monoisotopic (exact) mass is 348 g/mol. The third-order valence-corrected chi connectivity index (χ3v) is 4.98. The zero-order valence-electron chi connectivity index (χ0n) is 13.3. The molecule has 0 fully saturated rings. The summed E-state index contributed by atoms with van der Waals surface area (Å²) in [6.45, 7) is 1.72. The quantitative estimate of drug-likeness (QED) is 0.782. The van der Waals surface area contributed by atoms with Gasteiger partial charge < -0.3 is 4.55 Å². The molecule has 0 heterocycles. The Morgan fingerprint density at radius 2 is 1.58 bits per heavy atom. The topological polar surface area (TPSA) is 37.3 Å². The molecule has 5 heteroatoms. The van der Waals surface area contributed by atoms with Crippen LogP contribution in [0.15, 0.2) is 36.4 Å². The average Bonchev–Trinajstić information content (AvgIpc) is 3.01. The molecule has 1 unspecified atom stereocenters. The van der Waals surface area contributed by atoms with Crippen molar-refractivity contribution in [3.63, 3.8) is 0 Å². The molecule has 0 amide bonds. The molecule has 0 bridgehead atoms. The summed E-state index contributed by atoms with van der Waals surface area (Å²) in [5.41, 5.74) is 4.49. The van der Waals surface area contributed by atoms with Gasteiger partial charge in [-0.05, 0) is 66.2 Å². The minimum absolute atomic E-state index is 0.221. The third kappa shape index (κ3) is 3.47. The van der Waals surface area contributed by atoms with E-state index < -0.39 is 16.9 Å². The van der Waals surface area contributed by atoms with E-state index in [1.807, 2.05) is 6.07 Å². The number of benzene rings is 2. The molecule has 0 saturated carbocycles. The van der Waals surface area contributed by atoms with Gasteiger partial charge in [0.2, 0.25) is 0 Å². The second-order valence-electron chi connectivity index (χ2n) is 6.05. The lowest BCUT2D eigenvalue weighted by Gasteiger charge is -2.11. The zero-order chi connectivity index (χ0) is 17.3.